The maximum Gasteiger partial charge on any atom is 0.243 e. The number of hydrogen-bond donors (Lipinski definition) is 3. The summed E-state index contributed by atoms with van der Waals surface area (Å²) in [6.07, 6.45) is 0. The molecule has 1 saturated heterocycles. The highest BCUT2D eigenvalue weighted by Crippen LogP contribution is 2.14. The number of likely N-dealkylation sites (N-methyl/N-ethyl adjacent to an activating group) is 1. The lowest BCUT2D eigenvalue weighted by atomic mass is 10.0. The lowest BCUT2D eigenvalue weighted by Crippen LogP contribution is -2.53. The van der Waals surface area contributed by atoms with E-state index < -0.39 is 0 Å². The average Bonchev–Trinajstić information content (AvgIpc) is 2.44. The number of nitrogens with zero attached hydrogens (tertiary/aromatic N) is 1. The fraction of sp³-hybridized carbons (Fsp3) is 0.438. The molecule has 0 saturated carbocycles. The smallest absolute Gasteiger partial charge is 0.243 e. The molecular formula is C16H22N4O3. The van der Waals surface area contributed by atoms with Gasteiger partial charge in [-0.05, 0) is 31.2 Å². The third-order valence-corrected chi connectivity index (χ3v) is 3.65. The molecule has 1 heterocycles. The van der Waals surface area contributed by atoms with Crippen LogP contribution in [-0.4, -0.2) is 48.8 Å². The molecule has 7 heteroatoms. The predicted octanol–water partition coefficient (Wildman–Crippen LogP) is 0.651. The van der Waals surface area contributed by atoms with Crippen molar-refractivity contribution in [1.29, 1.82) is 0 Å². The Kier molecular flexibility index (Phi) is 5.70. The van der Waals surface area contributed by atoms with Crippen LogP contribution in [0, 0.1) is 5.92 Å². The van der Waals surface area contributed by atoms with Gasteiger partial charge in [0.05, 0.1) is 12.5 Å². The van der Waals surface area contributed by atoms with Gasteiger partial charge in [-0.2, -0.15) is 0 Å². The Hall–Kier alpha value is -2.41. The molecule has 124 valence electrons. The van der Waals surface area contributed by atoms with Gasteiger partial charge in [-0.3, -0.25) is 14.4 Å². The zero-order valence-corrected chi connectivity index (χ0v) is 13.4. The zero-order chi connectivity index (χ0) is 16.8. The number of nitrogens with one attached hydrogen (secondary N) is 3. The molecule has 0 spiro atoms. The monoisotopic (exact) mass is 318 g/mol. The summed E-state index contributed by atoms with van der Waals surface area (Å²) in [5, 5.41) is 8.47. The van der Waals surface area contributed by atoms with Crippen molar-refractivity contribution in [3.8, 4) is 0 Å². The molecule has 1 fully saturated rings. The molecule has 0 unspecified atom stereocenters. The van der Waals surface area contributed by atoms with E-state index in [1.54, 1.807) is 29.2 Å². The predicted molar refractivity (Wildman–Crippen MR) is 88.0 cm³/mol. The number of rotatable bonds is 6. The Morgan fingerprint density at radius 1 is 1.13 bits per heavy atom. The highest BCUT2D eigenvalue weighted by molar-refractivity contribution is 5.95. The van der Waals surface area contributed by atoms with Gasteiger partial charge in [0.25, 0.3) is 0 Å². The molecule has 7 nitrogen and oxygen atoms in total. The summed E-state index contributed by atoms with van der Waals surface area (Å²) in [7, 11) is 0. The van der Waals surface area contributed by atoms with E-state index in [0.29, 0.717) is 31.0 Å². The van der Waals surface area contributed by atoms with Crippen molar-refractivity contribution < 1.29 is 14.4 Å². The largest absolute Gasteiger partial charge is 0.333 e. The van der Waals surface area contributed by atoms with Crippen molar-refractivity contribution in [2.45, 2.75) is 13.8 Å². The lowest BCUT2D eigenvalue weighted by Gasteiger charge is -2.31. The fourth-order valence-corrected chi connectivity index (χ4v) is 2.28. The van der Waals surface area contributed by atoms with Crippen LogP contribution < -0.4 is 16.0 Å². The Bertz CT molecular complexity index is 581. The standard InChI is InChI=1S/C16H22N4O3/c1-3-20(16(23)12-8-17-9-12)10-15(22)19-14-6-4-13(5-7-14)18-11(2)21/h4-7,12,17H,3,8-10H2,1-2H3,(H,18,21)(H,19,22). The van der Waals surface area contributed by atoms with Crippen molar-refractivity contribution in [2.24, 2.45) is 5.92 Å². The minimum absolute atomic E-state index is 0.0142. The van der Waals surface area contributed by atoms with Gasteiger partial charge in [0.15, 0.2) is 0 Å². The van der Waals surface area contributed by atoms with Gasteiger partial charge in [0.2, 0.25) is 17.7 Å². The first-order chi connectivity index (χ1) is 11.0. The number of hydrogen-bond acceptors (Lipinski definition) is 4. The van der Waals surface area contributed by atoms with Gasteiger partial charge < -0.3 is 20.9 Å². The van der Waals surface area contributed by atoms with Crippen LogP contribution in [0.1, 0.15) is 13.8 Å². The summed E-state index contributed by atoms with van der Waals surface area (Å²) in [5.41, 5.74) is 1.29. The van der Waals surface area contributed by atoms with Crippen LogP contribution in [0.25, 0.3) is 0 Å². The van der Waals surface area contributed by atoms with E-state index in [4.69, 9.17) is 0 Å². The molecule has 1 aromatic carbocycles. The van der Waals surface area contributed by atoms with Crippen LogP contribution >= 0.6 is 0 Å². The van der Waals surface area contributed by atoms with Gasteiger partial charge >= 0.3 is 0 Å². The second-order valence-electron chi connectivity index (χ2n) is 5.51. The van der Waals surface area contributed by atoms with Crippen LogP contribution in [0.5, 0.6) is 0 Å². The third-order valence-electron chi connectivity index (χ3n) is 3.65. The molecule has 0 aromatic heterocycles. The van der Waals surface area contributed by atoms with E-state index in [0.717, 1.165) is 0 Å². The van der Waals surface area contributed by atoms with E-state index in [-0.39, 0.29) is 30.2 Å². The Balaban J connectivity index is 1.87. The van der Waals surface area contributed by atoms with Crippen LogP contribution in [-0.2, 0) is 14.4 Å². The number of amides is 3. The van der Waals surface area contributed by atoms with Crippen molar-refractivity contribution in [3.63, 3.8) is 0 Å². The van der Waals surface area contributed by atoms with Crippen LogP contribution in [0.3, 0.4) is 0 Å². The van der Waals surface area contributed by atoms with Crippen molar-refractivity contribution in [2.75, 3.05) is 36.8 Å². The number of carbonyl (C=O) groups excluding carboxylic acids is 3. The first kappa shape index (κ1) is 17.0. The molecule has 3 N–H and O–H groups in total. The van der Waals surface area contributed by atoms with Gasteiger partial charge in [-0.1, -0.05) is 0 Å². The second kappa shape index (κ2) is 7.73. The number of benzene rings is 1. The van der Waals surface area contributed by atoms with Crippen molar-refractivity contribution >= 4 is 29.1 Å². The molecule has 2 rings (SSSR count). The number of anilines is 2. The highest BCUT2D eigenvalue weighted by atomic mass is 16.2. The van der Waals surface area contributed by atoms with Crippen LogP contribution in [0.15, 0.2) is 24.3 Å². The molecule has 0 radical (unpaired) electrons. The molecule has 0 atom stereocenters. The lowest BCUT2D eigenvalue weighted by molar-refractivity contribution is -0.139. The van der Waals surface area contributed by atoms with Gasteiger partial charge in [-0.25, -0.2) is 0 Å². The molecule has 1 aliphatic rings. The minimum atomic E-state index is -0.236. The topological polar surface area (TPSA) is 90.5 Å². The van der Waals surface area contributed by atoms with Gasteiger partial charge in [-0.15, -0.1) is 0 Å². The normalized spacial score (nSPS) is 13.8. The minimum Gasteiger partial charge on any atom is -0.333 e. The summed E-state index contributed by atoms with van der Waals surface area (Å²) in [5.74, 6) is -0.383. The van der Waals surface area contributed by atoms with E-state index in [2.05, 4.69) is 16.0 Å². The Labute approximate surface area is 135 Å². The van der Waals surface area contributed by atoms with E-state index in [1.807, 2.05) is 6.92 Å². The first-order valence-corrected chi connectivity index (χ1v) is 7.66. The van der Waals surface area contributed by atoms with E-state index in [1.165, 1.54) is 6.92 Å². The Morgan fingerprint density at radius 3 is 2.13 bits per heavy atom. The molecule has 23 heavy (non-hydrogen) atoms. The SMILES string of the molecule is CCN(CC(=O)Nc1ccc(NC(C)=O)cc1)C(=O)C1CNC1. The van der Waals surface area contributed by atoms with Crippen LogP contribution in [0.4, 0.5) is 11.4 Å². The quantitative estimate of drug-likeness (QED) is 0.718. The average molecular weight is 318 g/mol. The van der Waals surface area contributed by atoms with Crippen LogP contribution in [0.2, 0.25) is 0 Å². The summed E-state index contributed by atoms with van der Waals surface area (Å²) in [4.78, 5) is 36.8. The first-order valence-electron chi connectivity index (χ1n) is 7.66. The third kappa shape index (κ3) is 4.79. The maximum atomic E-state index is 12.2. The van der Waals surface area contributed by atoms with Crippen molar-refractivity contribution in [1.82, 2.24) is 10.2 Å². The zero-order valence-electron chi connectivity index (χ0n) is 13.4. The van der Waals surface area contributed by atoms with E-state index in [9.17, 15) is 14.4 Å². The fourth-order valence-electron chi connectivity index (χ4n) is 2.28. The van der Waals surface area contributed by atoms with Crippen molar-refractivity contribution in [3.05, 3.63) is 24.3 Å². The molecule has 1 aliphatic heterocycles. The molecular weight excluding hydrogens is 296 g/mol. The Morgan fingerprint density at radius 2 is 1.70 bits per heavy atom. The van der Waals surface area contributed by atoms with Gasteiger partial charge in [0.1, 0.15) is 0 Å². The molecule has 0 aliphatic carbocycles. The summed E-state index contributed by atoms with van der Waals surface area (Å²) >= 11 is 0. The molecule has 1 aromatic rings. The summed E-state index contributed by atoms with van der Waals surface area (Å²) in [6, 6.07) is 6.83. The maximum absolute atomic E-state index is 12.2. The molecule has 0 bridgehead atoms. The highest BCUT2D eigenvalue weighted by Gasteiger charge is 2.29. The second-order valence-corrected chi connectivity index (χ2v) is 5.51. The van der Waals surface area contributed by atoms with Gasteiger partial charge in [0, 0.05) is 37.9 Å². The summed E-state index contributed by atoms with van der Waals surface area (Å²) < 4.78 is 0. The number of carbonyl (C=O) groups is 3. The van der Waals surface area contributed by atoms with E-state index >= 15 is 0 Å². The summed E-state index contributed by atoms with van der Waals surface area (Å²) in [6.45, 7) is 5.20. The molecule has 3 amide bonds.